The van der Waals surface area contributed by atoms with Crippen molar-refractivity contribution >= 4 is 5.91 Å². The molecule has 0 aliphatic rings. The fraction of sp³-hybridized carbons (Fsp3) is 0.462. The van der Waals surface area contributed by atoms with Gasteiger partial charge in [0.1, 0.15) is 0 Å². The topological polar surface area (TPSA) is 40.5 Å². The highest BCUT2D eigenvalue weighted by Gasteiger charge is 2.22. The minimum atomic E-state index is -1.66. The fourth-order valence-electron chi connectivity index (χ4n) is 1.65. The van der Waals surface area contributed by atoms with Gasteiger partial charge in [0.05, 0.1) is 12.2 Å². The molecule has 0 heterocycles. The summed E-state index contributed by atoms with van der Waals surface area (Å²) in [5.74, 6) is -5.25. The molecule has 6 heteroatoms. The average molecular weight is 275 g/mol. The van der Waals surface area contributed by atoms with Crippen LogP contribution >= 0.6 is 0 Å². The Hall–Kier alpha value is -1.56. The number of halogens is 3. The van der Waals surface area contributed by atoms with Crippen molar-refractivity contribution in [2.24, 2.45) is 0 Å². The van der Waals surface area contributed by atoms with E-state index in [4.69, 9.17) is 5.11 Å². The zero-order valence-corrected chi connectivity index (χ0v) is 10.6. The predicted molar refractivity (Wildman–Crippen MR) is 64.2 cm³/mol. The van der Waals surface area contributed by atoms with Crippen LogP contribution in [0.25, 0.3) is 0 Å². The fourth-order valence-corrected chi connectivity index (χ4v) is 1.65. The lowest BCUT2D eigenvalue weighted by atomic mass is 10.1. The largest absolute Gasteiger partial charge is 0.395 e. The van der Waals surface area contributed by atoms with Crippen molar-refractivity contribution in [1.82, 2.24) is 4.90 Å². The summed E-state index contributed by atoms with van der Waals surface area (Å²) >= 11 is 0. The molecule has 0 spiro atoms. The number of carbonyl (C=O) groups is 1. The Bertz CT molecular complexity index is 452. The SMILES string of the molecule is CCCCN(CCO)C(=O)c1ccc(F)c(F)c1F. The number of nitrogens with zero attached hydrogens (tertiary/aromatic N) is 1. The Morgan fingerprint density at radius 3 is 2.47 bits per heavy atom. The quantitative estimate of drug-likeness (QED) is 0.809. The van der Waals surface area contributed by atoms with Gasteiger partial charge in [-0.25, -0.2) is 13.2 Å². The van der Waals surface area contributed by atoms with Crippen LogP contribution in [0.1, 0.15) is 30.1 Å². The van der Waals surface area contributed by atoms with Crippen molar-refractivity contribution in [3.05, 3.63) is 35.1 Å². The molecule has 1 rings (SSSR count). The van der Waals surface area contributed by atoms with Gasteiger partial charge in [-0.15, -0.1) is 0 Å². The summed E-state index contributed by atoms with van der Waals surface area (Å²) in [4.78, 5) is 13.2. The normalized spacial score (nSPS) is 10.6. The number of benzene rings is 1. The molecule has 0 atom stereocenters. The Morgan fingerprint density at radius 2 is 1.89 bits per heavy atom. The van der Waals surface area contributed by atoms with E-state index in [0.29, 0.717) is 19.0 Å². The average Bonchev–Trinajstić information content (AvgIpc) is 2.40. The second kappa shape index (κ2) is 7.13. The second-order valence-corrected chi connectivity index (χ2v) is 4.09. The summed E-state index contributed by atoms with van der Waals surface area (Å²) in [6.07, 6.45) is 1.49. The number of unbranched alkanes of at least 4 members (excludes halogenated alkanes) is 1. The molecule has 0 fully saturated rings. The Labute approximate surface area is 109 Å². The highest BCUT2D eigenvalue weighted by atomic mass is 19.2. The van der Waals surface area contributed by atoms with Crippen LogP contribution in [0.3, 0.4) is 0 Å². The highest BCUT2D eigenvalue weighted by Crippen LogP contribution is 2.17. The standard InChI is InChI=1S/C13H16F3NO2/c1-2-3-6-17(7-8-18)13(19)9-4-5-10(14)12(16)11(9)15/h4-5,18H,2-3,6-8H2,1H3. The van der Waals surface area contributed by atoms with Gasteiger partial charge >= 0.3 is 0 Å². The first-order chi connectivity index (χ1) is 9.02. The second-order valence-electron chi connectivity index (χ2n) is 4.09. The van der Waals surface area contributed by atoms with Crippen LogP contribution in [0.5, 0.6) is 0 Å². The van der Waals surface area contributed by atoms with Crippen LogP contribution in [0.2, 0.25) is 0 Å². The highest BCUT2D eigenvalue weighted by molar-refractivity contribution is 5.94. The van der Waals surface area contributed by atoms with Crippen molar-refractivity contribution in [2.75, 3.05) is 19.7 Å². The molecule has 0 radical (unpaired) electrons. The molecule has 106 valence electrons. The third-order valence-corrected chi connectivity index (χ3v) is 2.70. The lowest BCUT2D eigenvalue weighted by Gasteiger charge is -2.21. The number of hydrogen-bond acceptors (Lipinski definition) is 2. The first-order valence-electron chi connectivity index (χ1n) is 6.06. The van der Waals surface area contributed by atoms with E-state index in [1.807, 2.05) is 6.92 Å². The first kappa shape index (κ1) is 15.5. The molecule has 0 unspecified atom stereocenters. The van der Waals surface area contributed by atoms with E-state index in [2.05, 4.69) is 0 Å². The molecular weight excluding hydrogens is 259 g/mol. The summed E-state index contributed by atoms with van der Waals surface area (Å²) in [5.41, 5.74) is -0.525. The van der Waals surface area contributed by atoms with Gasteiger partial charge in [-0.2, -0.15) is 0 Å². The molecule has 1 amide bonds. The third kappa shape index (κ3) is 3.70. The Balaban J connectivity index is 2.99. The molecule has 1 aromatic rings. The van der Waals surface area contributed by atoms with Crippen molar-refractivity contribution in [3.8, 4) is 0 Å². The van der Waals surface area contributed by atoms with E-state index < -0.39 is 28.9 Å². The zero-order valence-electron chi connectivity index (χ0n) is 10.6. The number of hydrogen-bond donors (Lipinski definition) is 1. The van der Waals surface area contributed by atoms with Gasteiger partial charge in [-0.3, -0.25) is 4.79 Å². The summed E-state index contributed by atoms with van der Waals surface area (Å²) in [7, 11) is 0. The molecule has 1 N–H and O–H groups in total. The van der Waals surface area contributed by atoms with E-state index in [-0.39, 0.29) is 13.2 Å². The zero-order chi connectivity index (χ0) is 14.4. The van der Waals surface area contributed by atoms with Crippen LogP contribution in [0.15, 0.2) is 12.1 Å². The van der Waals surface area contributed by atoms with Crippen LogP contribution in [-0.4, -0.2) is 35.6 Å². The molecule has 3 nitrogen and oxygen atoms in total. The molecule has 0 saturated carbocycles. The molecule has 1 aromatic carbocycles. The summed E-state index contributed by atoms with van der Waals surface area (Å²) in [6.45, 7) is 1.99. The van der Waals surface area contributed by atoms with E-state index in [0.717, 1.165) is 12.5 Å². The van der Waals surface area contributed by atoms with Gasteiger partial charge in [0, 0.05) is 13.1 Å². The molecule has 0 aliphatic carbocycles. The number of carbonyl (C=O) groups excluding carboxylic acids is 1. The monoisotopic (exact) mass is 275 g/mol. The Kier molecular flexibility index (Phi) is 5.82. The van der Waals surface area contributed by atoms with Crippen molar-refractivity contribution in [3.63, 3.8) is 0 Å². The molecule has 0 saturated heterocycles. The number of aliphatic hydroxyl groups excluding tert-OH is 1. The Morgan fingerprint density at radius 1 is 1.21 bits per heavy atom. The van der Waals surface area contributed by atoms with E-state index in [1.54, 1.807) is 0 Å². The number of rotatable bonds is 6. The van der Waals surface area contributed by atoms with Gasteiger partial charge in [0.2, 0.25) is 0 Å². The van der Waals surface area contributed by atoms with E-state index in [1.165, 1.54) is 4.90 Å². The molecular formula is C13H16F3NO2. The van der Waals surface area contributed by atoms with Gasteiger partial charge < -0.3 is 10.0 Å². The first-order valence-corrected chi connectivity index (χ1v) is 6.06. The van der Waals surface area contributed by atoms with Gasteiger partial charge in [-0.05, 0) is 18.6 Å². The maximum Gasteiger partial charge on any atom is 0.257 e. The van der Waals surface area contributed by atoms with Crippen molar-refractivity contribution < 1.29 is 23.1 Å². The summed E-state index contributed by atoms with van der Waals surface area (Å²) < 4.78 is 39.4. The molecule has 0 aromatic heterocycles. The van der Waals surface area contributed by atoms with Crippen LogP contribution < -0.4 is 0 Å². The number of aliphatic hydroxyl groups is 1. The van der Waals surface area contributed by atoms with Crippen LogP contribution in [0.4, 0.5) is 13.2 Å². The smallest absolute Gasteiger partial charge is 0.257 e. The van der Waals surface area contributed by atoms with Crippen LogP contribution in [-0.2, 0) is 0 Å². The van der Waals surface area contributed by atoms with Crippen LogP contribution in [0, 0.1) is 17.5 Å². The minimum Gasteiger partial charge on any atom is -0.395 e. The lowest BCUT2D eigenvalue weighted by molar-refractivity contribution is 0.0713. The molecule has 19 heavy (non-hydrogen) atoms. The van der Waals surface area contributed by atoms with Gasteiger partial charge in [-0.1, -0.05) is 13.3 Å². The number of amides is 1. The van der Waals surface area contributed by atoms with Crippen molar-refractivity contribution in [2.45, 2.75) is 19.8 Å². The minimum absolute atomic E-state index is 0.0251. The summed E-state index contributed by atoms with van der Waals surface area (Å²) in [5, 5.41) is 8.88. The van der Waals surface area contributed by atoms with Crippen molar-refractivity contribution in [1.29, 1.82) is 0 Å². The predicted octanol–water partition coefficient (Wildman–Crippen LogP) is 2.34. The maximum absolute atomic E-state index is 13.5. The summed E-state index contributed by atoms with van der Waals surface area (Å²) in [6, 6.07) is 1.62. The van der Waals surface area contributed by atoms with Gasteiger partial charge in [0.15, 0.2) is 17.5 Å². The lowest BCUT2D eigenvalue weighted by Crippen LogP contribution is -2.35. The van der Waals surface area contributed by atoms with E-state index >= 15 is 0 Å². The molecule has 0 aliphatic heterocycles. The molecule has 0 bridgehead atoms. The third-order valence-electron chi connectivity index (χ3n) is 2.70. The van der Waals surface area contributed by atoms with Gasteiger partial charge in [0.25, 0.3) is 5.91 Å². The maximum atomic E-state index is 13.5. The van der Waals surface area contributed by atoms with E-state index in [9.17, 15) is 18.0 Å².